The molecule has 4 heteroatoms. The molecule has 0 aliphatic rings. The van der Waals surface area contributed by atoms with Crippen molar-refractivity contribution in [3.8, 4) is 5.75 Å². The molecule has 0 aliphatic carbocycles. The first-order chi connectivity index (χ1) is 9.24. The van der Waals surface area contributed by atoms with Crippen LogP contribution in [-0.2, 0) is 13.7 Å². The van der Waals surface area contributed by atoms with E-state index in [2.05, 4.69) is 4.98 Å². The SMILES string of the molecule is Cn1cc(COc2cccnc2)c2ccc(F)cc21. The molecule has 3 aromatic rings. The summed E-state index contributed by atoms with van der Waals surface area (Å²) in [7, 11) is 1.90. The Balaban J connectivity index is 1.89. The Morgan fingerprint density at radius 3 is 3.00 bits per heavy atom. The first-order valence-corrected chi connectivity index (χ1v) is 6.00. The van der Waals surface area contributed by atoms with Gasteiger partial charge in [0, 0.05) is 30.4 Å². The van der Waals surface area contributed by atoms with E-state index in [9.17, 15) is 4.39 Å². The monoisotopic (exact) mass is 256 g/mol. The minimum atomic E-state index is -0.228. The fourth-order valence-electron chi connectivity index (χ4n) is 2.15. The molecule has 0 aliphatic heterocycles. The van der Waals surface area contributed by atoms with Gasteiger partial charge in [0.1, 0.15) is 18.2 Å². The highest BCUT2D eigenvalue weighted by Crippen LogP contribution is 2.23. The topological polar surface area (TPSA) is 27.1 Å². The van der Waals surface area contributed by atoms with Gasteiger partial charge in [-0.05, 0) is 30.3 Å². The predicted molar refractivity (Wildman–Crippen MR) is 71.4 cm³/mol. The van der Waals surface area contributed by atoms with Gasteiger partial charge < -0.3 is 9.30 Å². The molecule has 0 spiro atoms. The number of aromatic nitrogens is 2. The molecule has 19 heavy (non-hydrogen) atoms. The van der Waals surface area contributed by atoms with Crippen LogP contribution in [0.1, 0.15) is 5.56 Å². The third kappa shape index (κ3) is 2.29. The second-order valence-electron chi connectivity index (χ2n) is 4.40. The number of pyridine rings is 1. The van der Waals surface area contributed by atoms with Crippen LogP contribution in [0, 0.1) is 5.82 Å². The Hall–Kier alpha value is -2.36. The van der Waals surface area contributed by atoms with Crippen molar-refractivity contribution in [1.82, 2.24) is 9.55 Å². The molecule has 0 radical (unpaired) electrons. The summed E-state index contributed by atoms with van der Waals surface area (Å²) in [4.78, 5) is 4.00. The van der Waals surface area contributed by atoms with Gasteiger partial charge in [0.25, 0.3) is 0 Å². The maximum atomic E-state index is 13.2. The van der Waals surface area contributed by atoms with Gasteiger partial charge in [0.15, 0.2) is 0 Å². The molecule has 0 saturated carbocycles. The number of rotatable bonds is 3. The molecule has 2 heterocycles. The largest absolute Gasteiger partial charge is 0.487 e. The van der Waals surface area contributed by atoms with Crippen LogP contribution in [0.15, 0.2) is 48.9 Å². The van der Waals surface area contributed by atoms with E-state index in [0.717, 1.165) is 22.2 Å². The highest BCUT2D eigenvalue weighted by atomic mass is 19.1. The normalized spacial score (nSPS) is 10.8. The van der Waals surface area contributed by atoms with Gasteiger partial charge in [0.05, 0.1) is 11.7 Å². The Kier molecular flexibility index (Phi) is 2.91. The first kappa shape index (κ1) is 11.7. The van der Waals surface area contributed by atoms with Crippen molar-refractivity contribution >= 4 is 10.9 Å². The summed E-state index contributed by atoms with van der Waals surface area (Å²) < 4.78 is 20.8. The molecule has 0 fully saturated rings. The van der Waals surface area contributed by atoms with Crippen LogP contribution in [0.4, 0.5) is 4.39 Å². The zero-order valence-electron chi connectivity index (χ0n) is 10.5. The second kappa shape index (κ2) is 4.72. The van der Waals surface area contributed by atoms with E-state index >= 15 is 0 Å². The number of fused-ring (bicyclic) bond motifs is 1. The van der Waals surface area contributed by atoms with Crippen LogP contribution in [0.25, 0.3) is 10.9 Å². The van der Waals surface area contributed by atoms with Crippen molar-refractivity contribution in [2.75, 3.05) is 0 Å². The molecule has 0 atom stereocenters. The zero-order chi connectivity index (χ0) is 13.2. The smallest absolute Gasteiger partial charge is 0.138 e. The van der Waals surface area contributed by atoms with Gasteiger partial charge in [-0.3, -0.25) is 4.98 Å². The second-order valence-corrected chi connectivity index (χ2v) is 4.40. The number of hydrogen-bond donors (Lipinski definition) is 0. The van der Waals surface area contributed by atoms with Crippen molar-refractivity contribution in [2.24, 2.45) is 7.05 Å². The van der Waals surface area contributed by atoms with Gasteiger partial charge in [-0.25, -0.2) is 4.39 Å². The van der Waals surface area contributed by atoms with Gasteiger partial charge in [-0.1, -0.05) is 0 Å². The third-order valence-corrected chi connectivity index (χ3v) is 3.06. The van der Waals surface area contributed by atoms with Gasteiger partial charge in [0.2, 0.25) is 0 Å². The molecular formula is C15H13FN2O. The third-order valence-electron chi connectivity index (χ3n) is 3.06. The molecule has 0 unspecified atom stereocenters. The average Bonchev–Trinajstić information content (AvgIpc) is 2.74. The number of hydrogen-bond acceptors (Lipinski definition) is 2. The minimum absolute atomic E-state index is 0.228. The molecule has 1 aromatic carbocycles. The highest BCUT2D eigenvalue weighted by molar-refractivity contribution is 5.83. The zero-order valence-corrected chi connectivity index (χ0v) is 10.5. The van der Waals surface area contributed by atoms with E-state index in [1.54, 1.807) is 18.5 Å². The Morgan fingerprint density at radius 1 is 1.32 bits per heavy atom. The molecule has 3 nitrogen and oxygen atoms in total. The van der Waals surface area contributed by atoms with Crippen molar-refractivity contribution < 1.29 is 9.13 Å². The van der Waals surface area contributed by atoms with E-state index < -0.39 is 0 Å². The molecule has 3 rings (SSSR count). The summed E-state index contributed by atoms with van der Waals surface area (Å²) in [5.74, 6) is 0.495. The summed E-state index contributed by atoms with van der Waals surface area (Å²) in [6.07, 6.45) is 5.33. The summed E-state index contributed by atoms with van der Waals surface area (Å²) in [5, 5.41) is 1.01. The van der Waals surface area contributed by atoms with Crippen LogP contribution < -0.4 is 4.74 Å². The minimum Gasteiger partial charge on any atom is -0.487 e. The van der Waals surface area contributed by atoms with Crippen LogP contribution in [0.3, 0.4) is 0 Å². The first-order valence-electron chi connectivity index (χ1n) is 6.00. The summed E-state index contributed by atoms with van der Waals surface area (Å²) in [6, 6.07) is 8.47. The molecule has 2 aromatic heterocycles. The van der Waals surface area contributed by atoms with Crippen molar-refractivity contribution in [2.45, 2.75) is 6.61 Å². The van der Waals surface area contributed by atoms with E-state index in [-0.39, 0.29) is 5.82 Å². The lowest BCUT2D eigenvalue weighted by Gasteiger charge is -2.04. The van der Waals surface area contributed by atoms with Crippen molar-refractivity contribution in [3.05, 3.63) is 60.3 Å². The summed E-state index contributed by atoms with van der Waals surface area (Å²) in [5.41, 5.74) is 1.89. The quantitative estimate of drug-likeness (QED) is 0.719. The highest BCUT2D eigenvalue weighted by Gasteiger charge is 2.08. The summed E-state index contributed by atoms with van der Waals surface area (Å²) in [6.45, 7) is 0.439. The van der Waals surface area contributed by atoms with E-state index in [4.69, 9.17) is 4.74 Å². The number of ether oxygens (including phenoxy) is 1. The number of halogens is 1. The molecule has 0 saturated heterocycles. The lowest BCUT2D eigenvalue weighted by molar-refractivity contribution is 0.306. The molecule has 96 valence electrons. The van der Waals surface area contributed by atoms with Crippen molar-refractivity contribution in [3.63, 3.8) is 0 Å². The predicted octanol–water partition coefficient (Wildman–Crippen LogP) is 3.29. The van der Waals surface area contributed by atoms with Crippen LogP contribution >= 0.6 is 0 Å². The average molecular weight is 256 g/mol. The van der Waals surface area contributed by atoms with Crippen LogP contribution in [0.5, 0.6) is 5.75 Å². The Bertz CT molecular complexity index is 707. The summed E-state index contributed by atoms with van der Waals surface area (Å²) >= 11 is 0. The Labute approximate surface area is 110 Å². The fraction of sp³-hybridized carbons (Fsp3) is 0.133. The van der Waals surface area contributed by atoms with Crippen molar-refractivity contribution in [1.29, 1.82) is 0 Å². The number of aryl methyl sites for hydroxylation is 1. The lowest BCUT2D eigenvalue weighted by Crippen LogP contribution is -1.94. The Morgan fingerprint density at radius 2 is 2.21 bits per heavy atom. The maximum absolute atomic E-state index is 13.2. The van der Waals surface area contributed by atoms with Crippen LogP contribution in [0.2, 0.25) is 0 Å². The molecular weight excluding hydrogens is 243 g/mol. The molecule has 0 bridgehead atoms. The standard InChI is InChI=1S/C15H13FN2O/c1-18-9-11(10-19-13-3-2-6-17-8-13)14-5-4-12(16)7-15(14)18/h2-9H,10H2,1H3. The number of nitrogens with zero attached hydrogens (tertiary/aromatic N) is 2. The van der Waals surface area contributed by atoms with E-state index in [1.165, 1.54) is 12.1 Å². The van der Waals surface area contributed by atoms with E-state index in [1.807, 2.05) is 29.9 Å². The lowest BCUT2D eigenvalue weighted by atomic mass is 10.2. The van der Waals surface area contributed by atoms with Crippen LogP contribution in [-0.4, -0.2) is 9.55 Å². The maximum Gasteiger partial charge on any atom is 0.138 e. The van der Waals surface area contributed by atoms with Gasteiger partial charge in [-0.15, -0.1) is 0 Å². The molecule has 0 N–H and O–H groups in total. The van der Waals surface area contributed by atoms with Gasteiger partial charge in [-0.2, -0.15) is 0 Å². The van der Waals surface area contributed by atoms with Gasteiger partial charge >= 0.3 is 0 Å². The fourth-order valence-corrected chi connectivity index (χ4v) is 2.15. The number of benzene rings is 1. The molecule has 0 amide bonds. The van der Waals surface area contributed by atoms with E-state index in [0.29, 0.717) is 6.61 Å².